The molecule has 2 fully saturated rings. The van der Waals surface area contributed by atoms with Crippen molar-refractivity contribution in [3.63, 3.8) is 0 Å². The minimum atomic E-state index is -4.32. The van der Waals surface area contributed by atoms with Crippen LogP contribution in [0.25, 0.3) is 11.0 Å². The Kier molecular flexibility index (Phi) is 18.8. The van der Waals surface area contributed by atoms with Crippen LogP contribution in [0.1, 0.15) is 98.0 Å². The number of nitrogens with one attached hydrogen (secondary N) is 2. The number of piperidine rings is 2. The van der Waals surface area contributed by atoms with Gasteiger partial charge in [0.25, 0.3) is 5.91 Å². The molecule has 7 nitrogen and oxygen atoms in total. The lowest BCUT2D eigenvalue weighted by Crippen LogP contribution is -2.47. The molecule has 0 atom stereocenters. The summed E-state index contributed by atoms with van der Waals surface area (Å²) in [5, 5.41) is 5.33. The molecule has 2 aromatic rings. The number of carbonyl (C=O) groups excluding carboxylic acids is 1. The molecular weight excluding hydrogens is 565 g/mol. The fourth-order valence-corrected chi connectivity index (χ4v) is 5.12. The van der Waals surface area contributed by atoms with Crippen LogP contribution in [0.4, 0.5) is 19.0 Å². The fourth-order valence-electron chi connectivity index (χ4n) is 5.12. The number of likely N-dealkylation sites (tertiary alicyclic amines) is 2. The number of rotatable bonds is 8. The third kappa shape index (κ3) is 15.8. The molecular formula is C34H57F3N6O. The first-order chi connectivity index (χ1) is 21.0. The Balaban J connectivity index is 0.000000766. The number of nitrogens with zero attached hydrogens (tertiary/aromatic N) is 4. The molecule has 2 aromatic heterocycles. The molecule has 0 aliphatic carbocycles. The van der Waals surface area contributed by atoms with E-state index in [2.05, 4.69) is 64.2 Å². The average Bonchev–Trinajstić information content (AvgIpc) is 3.01. The lowest BCUT2D eigenvalue weighted by molar-refractivity contribution is -0.115. The van der Waals surface area contributed by atoms with Gasteiger partial charge in [-0.05, 0) is 82.8 Å². The van der Waals surface area contributed by atoms with E-state index < -0.39 is 12.7 Å². The van der Waals surface area contributed by atoms with E-state index in [1.807, 2.05) is 27.7 Å². The van der Waals surface area contributed by atoms with Crippen molar-refractivity contribution in [2.24, 2.45) is 5.92 Å². The van der Waals surface area contributed by atoms with Gasteiger partial charge in [-0.15, -0.1) is 0 Å². The van der Waals surface area contributed by atoms with Crippen LogP contribution in [0, 0.1) is 5.92 Å². The molecule has 0 spiro atoms. The lowest BCUT2D eigenvalue weighted by atomic mass is 10.0. The van der Waals surface area contributed by atoms with E-state index in [4.69, 9.17) is 0 Å². The second-order valence-electron chi connectivity index (χ2n) is 11.4. The second-order valence-corrected chi connectivity index (χ2v) is 11.4. The Morgan fingerprint density at radius 2 is 1.43 bits per heavy atom. The molecule has 250 valence electrons. The van der Waals surface area contributed by atoms with Crippen molar-refractivity contribution >= 4 is 22.8 Å². The second kappa shape index (κ2) is 21.1. The fraction of sp³-hybridized carbons (Fsp3) is 0.676. The van der Waals surface area contributed by atoms with Gasteiger partial charge in [0, 0.05) is 32.2 Å². The van der Waals surface area contributed by atoms with E-state index in [1.165, 1.54) is 44.0 Å². The summed E-state index contributed by atoms with van der Waals surface area (Å²) >= 11 is 0. The van der Waals surface area contributed by atoms with Crippen molar-refractivity contribution in [2.75, 3.05) is 51.1 Å². The van der Waals surface area contributed by atoms with Gasteiger partial charge in [0.15, 0.2) is 0 Å². The highest BCUT2D eigenvalue weighted by Gasteiger charge is 2.27. The maximum atomic E-state index is 12.7. The number of alkyl halides is 3. The number of aromatic nitrogens is 2. The van der Waals surface area contributed by atoms with Crippen LogP contribution in [-0.2, 0) is 0 Å². The predicted molar refractivity (Wildman–Crippen MR) is 178 cm³/mol. The standard InChI is InChI=1S/C23H31F3N6O.C7H14.2C2H6/c24-23(25,26)16-27-21-7-6-18-19(30-21)4-5-20(29-18)22(33)28-17-8-12-32(13-9-17)15-14-31-10-2-1-3-11-31;1-6(2)5-7(3)4;2*1-2/h4-7,17H,1-3,8-16H2,(H,27,30)(H,28,33);5-6H,1-4H3;2*1-2H3. The number of halogens is 3. The van der Waals surface area contributed by atoms with Gasteiger partial charge in [-0.25, -0.2) is 9.97 Å². The Morgan fingerprint density at radius 3 is 1.95 bits per heavy atom. The molecule has 2 saturated heterocycles. The minimum Gasteiger partial charge on any atom is -0.361 e. The molecule has 0 bridgehead atoms. The number of pyridine rings is 2. The SMILES string of the molecule is CC.CC.CC(C)=CC(C)C.O=C(NC1CCN(CCN2CCCCC2)CC1)c1ccc2nc(NCC(F)(F)F)ccc2n1. The van der Waals surface area contributed by atoms with E-state index in [0.717, 1.165) is 39.0 Å². The smallest absolute Gasteiger partial charge is 0.361 e. The van der Waals surface area contributed by atoms with Gasteiger partial charge in [0.2, 0.25) is 0 Å². The van der Waals surface area contributed by atoms with Crippen molar-refractivity contribution in [1.29, 1.82) is 0 Å². The highest BCUT2D eigenvalue weighted by atomic mass is 19.4. The van der Waals surface area contributed by atoms with Gasteiger partial charge < -0.3 is 20.4 Å². The predicted octanol–water partition coefficient (Wildman–Crippen LogP) is 7.95. The zero-order chi connectivity index (χ0) is 33.1. The van der Waals surface area contributed by atoms with Crippen LogP contribution in [0.5, 0.6) is 0 Å². The molecule has 1 amide bonds. The van der Waals surface area contributed by atoms with Crippen LogP contribution in [0.15, 0.2) is 35.9 Å². The first-order valence-corrected chi connectivity index (χ1v) is 16.5. The zero-order valence-electron chi connectivity index (χ0n) is 28.4. The monoisotopic (exact) mass is 622 g/mol. The third-order valence-corrected chi connectivity index (χ3v) is 7.02. The number of fused-ring (bicyclic) bond motifs is 1. The summed E-state index contributed by atoms with van der Waals surface area (Å²) in [6.45, 7) is 22.1. The van der Waals surface area contributed by atoms with Gasteiger partial charge in [-0.1, -0.05) is 59.6 Å². The van der Waals surface area contributed by atoms with Crippen molar-refractivity contribution in [3.05, 3.63) is 41.6 Å². The summed E-state index contributed by atoms with van der Waals surface area (Å²) in [5.41, 5.74) is 2.59. The topological polar surface area (TPSA) is 73.4 Å². The average molecular weight is 623 g/mol. The number of amides is 1. The van der Waals surface area contributed by atoms with E-state index in [9.17, 15) is 18.0 Å². The van der Waals surface area contributed by atoms with Gasteiger partial charge in [0.1, 0.15) is 18.1 Å². The van der Waals surface area contributed by atoms with Crippen LogP contribution < -0.4 is 10.6 Å². The van der Waals surface area contributed by atoms with Gasteiger partial charge in [-0.3, -0.25) is 4.79 Å². The molecule has 4 heterocycles. The van der Waals surface area contributed by atoms with Crippen LogP contribution >= 0.6 is 0 Å². The van der Waals surface area contributed by atoms with Crippen molar-refractivity contribution < 1.29 is 18.0 Å². The Morgan fingerprint density at radius 1 is 0.886 bits per heavy atom. The van der Waals surface area contributed by atoms with Crippen LogP contribution in [-0.4, -0.2) is 83.7 Å². The summed E-state index contributed by atoms with van der Waals surface area (Å²) < 4.78 is 37.1. The van der Waals surface area contributed by atoms with Crippen LogP contribution in [0.2, 0.25) is 0 Å². The van der Waals surface area contributed by atoms with Crippen molar-refractivity contribution in [2.45, 2.75) is 99.7 Å². The first kappa shape index (κ1) is 39.3. The summed E-state index contributed by atoms with van der Waals surface area (Å²) in [7, 11) is 0. The Bertz CT molecular complexity index is 1100. The minimum absolute atomic E-state index is 0.117. The number of hydrogen-bond acceptors (Lipinski definition) is 6. The Labute approximate surface area is 264 Å². The quantitative estimate of drug-likeness (QED) is 0.291. The molecule has 2 N–H and O–H groups in total. The lowest BCUT2D eigenvalue weighted by Gasteiger charge is -2.34. The summed E-state index contributed by atoms with van der Waals surface area (Å²) in [5.74, 6) is 0.596. The molecule has 4 rings (SSSR count). The summed E-state index contributed by atoms with van der Waals surface area (Å²) in [4.78, 5) is 26.2. The van der Waals surface area contributed by atoms with Crippen molar-refractivity contribution in [1.82, 2.24) is 25.1 Å². The highest BCUT2D eigenvalue weighted by Crippen LogP contribution is 2.19. The number of carbonyl (C=O) groups is 1. The highest BCUT2D eigenvalue weighted by molar-refractivity contribution is 5.94. The molecule has 2 aliphatic heterocycles. The number of anilines is 1. The molecule has 0 radical (unpaired) electrons. The molecule has 0 saturated carbocycles. The van der Waals surface area contributed by atoms with E-state index in [1.54, 1.807) is 18.2 Å². The van der Waals surface area contributed by atoms with Gasteiger partial charge in [-0.2, -0.15) is 13.2 Å². The van der Waals surface area contributed by atoms with E-state index in [0.29, 0.717) is 17.0 Å². The van der Waals surface area contributed by atoms with E-state index in [-0.39, 0.29) is 23.5 Å². The molecule has 44 heavy (non-hydrogen) atoms. The summed E-state index contributed by atoms with van der Waals surface area (Å²) in [6.07, 6.45) is 3.72. The largest absolute Gasteiger partial charge is 0.405 e. The van der Waals surface area contributed by atoms with E-state index >= 15 is 0 Å². The van der Waals surface area contributed by atoms with Gasteiger partial charge >= 0.3 is 6.18 Å². The Hall–Kier alpha value is -2.72. The number of allylic oxidation sites excluding steroid dienone is 2. The van der Waals surface area contributed by atoms with Crippen molar-refractivity contribution in [3.8, 4) is 0 Å². The maximum absolute atomic E-state index is 12.7. The maximum Gasteiger partial charge on any atom is 0.405 e. The molecule has 0 aromatic carbocycles. The van der Waals surface area contributed by atoms with Gasteiger partial charge in [0.05, 0.1) is 11.0 Å². The molecule has 2 aliphatic rings. The normalized spacial score (nSPS) is 16.0. The number of hydrogen-bond donors (Lipinski definition) is 2. The van der Waals surface area contributed by atoms with Crippen LogP contribution in [0.3, 0.4) is 0 Å². The zero-order valence-corrected chi connectivity index (χ0v) is 28.4. The third-order valence-electron chi connectivity index (χ3n) is 7.02. The molecule has 10 heteroatoms. The molecule has 0 unspecified atom stereocenters. The summed E-state index contributed by atoms with van der Waals surface area (Å²) in [6, 6.07) is 6.29. The first-order valence-electron chi connectivity index (χ1n) is 16.5.